The van der Waals surface area contributed by atoms with E-state index < -0.39 is 0 Å². The predicted octanol–water partition coefficient (Wildman–Crippen LogP) is 18.1. The van der Waals surface area contributed by atoms with Crippen LogP contribution in [0.25, 0.3) is 105 Å². The number of hydrogen-bond acceptors (Lipinski definition) is 2. The Hall–Kier alpha value is -8.46. The average Bonchev–Trinajstić information content (AvgIpc) is 3.79. The summed E-state index contributed by atoms with van der Waals surface area (Å²) >= 11 is 0. The van der Waals surface area contributed by atoms with Crippen molar-refractivity contribution >= 4 is 77.4 Å². The van der Waals surface area contributed by atoms with Crippen LogP contribution in [-0.4, -0.2) is 0 Å². The molecule has 1 heterocycles. The number of anilines is 3. The number of rotatable bonds is 7. The third-order valence-electron chi connectivity index (χ3n) is 13.7. The van der Waals surface area contributed by atoms with E-state index in [0.29, 0.717) is 0 Å². The molecule has 0 saturated carbocycles. The highest BCUT2D eigenvalue weighted by atomic mass is 16.3. The van der Waals surface area contributed by atoms with Gasteiger partial charge in [-0.2, -0.15) is 0 Å². The van der Waals surface area contributed by atoms with Crippen LogP contribution in [0.4, 0.5) is 17.1 Å². The van der Waals surface area contributed by atoms with Crippen molar-refractivity contribution in [1.82, 2.24) is 0 Å². The van der Waals surface area contributed by atoms with Crippen molar-refractivity contribution in [3.8, 4) is 44.5 Å². The molecule has 0 N–H and O–H groups in total. The van der Waals surface area contributed by atoms with Crippen molar-refractivity contribution < 1.29 is 4.42 Å². The smallest absolute Gasteiger partial charge is 0.139 e. The second-order valence-electron chi connectivity index (χ2n) is 17.5. The van der Waals surface area contributed by atoms with E-state index in [2.05, 4.69) is 242 Å². The number of fused-ring (bicyclic) bond motifs is 9. The van der Waals surface area contributed by atoms with E-state index in [1.807, 2.05) is 0 Å². The maximum absolute atomic E-state index is 6.81. The zero-order valence-electron chi connectivity index (χ0n) is 36.3. The van der Waals surface area contributed by atoms with Crippen LogP contribution in [0, 0.1) is 0 Å². The second kappa shape index (κ2) is 15.7. The Bertz CT molecular complexity index is 3870. The molecule has 0 spiro atoms. The molecule has 2 heteroatoms. The molecule has 310 valence electrons. The third kappa shape index (κ3) is 6.33. The molecule has 13 rings (SSSR count). The van der Waals surface area contributed by atoms with E-state index in [-0.39, 0.29) is 0 Å². The summed E-state index contributed by atoms with van der Waals surface area (Å²) in [5.74, 6) is 0. The molecule has 11 aromatic carbocycles. The largest absolute Gasteiger partial charge is 0.456 e. The van der Waals surface area contributed by atoms with Crippen molar-refractivity contribution in [3.05, 3.63) is 242 Å². The summed E-state index contributed by atoms with van der Waals surface area (Å²) in [5, 5.41) is 9.80. The topological polar surface area (TPSA) is 16.4 Å². The number of nitrogens with zero attached hydrogens (tertiary/aromatic N) is 1. The number of hydrogen-bond donors (Lipinski definition) is 0. The summed E-state index contributed by atoms with van der Waals surface area (Å²) < 4.78 is 6.81. The lowest BCUT2D eigenvalue weighted by Gasteiger charge is -2.31. The van der Waals surface area contributed by atoms with Crippen molar-refractivity contribution in [1.29, 1.82) is 0 Å². The Labute approximate surface area is 384 Å². The number of furan rings is 1. The Morgan fingerprint density at radius 3 is 1.94 bits per heavy atom. The molecule has 0 amide bonds. The zero-order valence-corrected chi connectivity index (χ0v) is 36.3. The van der Waals surface area contributed by atoms with Gasteiger partial charge in [-0.25, -0.2) is 0 Å². The summed E-state index contributed by atoms with van der Waals surface area (Å²) in [6.45, 7) is 0. The normalized spacial score (nSPS) is 12.4. The standard InChI is InChI=1S/C64H43NO/c1-2-14-44(15-3-1)55-38-34-49(53-24-12-19-43-16-4-7-20-51(43)53)41-61(55)65(50-35-30-42(31-36-50)47-33-37-54-48(40-47)29-28-45-17-5-8-21-52(45)54)60-26-11-10-23-57(60)58-25-13-27-62-63(58)59-39-32-46-18-6-9-22-56(46)64(59)66-62/h1-8,10-21,23-41H,9,22H2. The van der Waals surface area contributed by atoms with Gasteiger partial charge in [0.1, 0.15) is 11.2 Å². The zero-order chi connectivity index (χ0) is 43.6. The van der Waals surface area contributed by atoms with Crippen LogP contribution in [0.1, 0.15) is 17.5 Å². The van der Waals surface area contributed by atoms with Crippen LogP contribution in [0.3, 0.4) is 0 Å². The van der Waals surface area contributed by atoms with Crippen molar-refractivity contribution in [2.24, 2.45) is 0 Å². The lowest BCUT2D eigenvalue weighted by atomic mass is 9.92. The van der Waals surface area contributed by atoms with Gasteiger partial charge in [0.25, 0.3) is 0 Å². The SMILES string of the molecule is C1=Cc2ccc3c(oc4cccc(-c5ccccc5N(c5ccc(-c6ccc7c(ccc8ccccc87)c6)cc5)c5cc(-c6cccc7ccccc67)ccc5-c5ccccc5)c43)c2CC1. The van der Waals surface area contributed by atoms with E-state index in [1.165, 1.54) is 60.1 Å². The number of para-hydroxylation sites is 1. The Morgan fingerprint density at radius 1 is 0.379 bits per heavy atom. The molecule has 0 fully saturated rings. The van der Waals surface area contributed by atoms with Crippen LogP contribution in [0.15, 0.2) is 235 Å². The molecular weight excluding hydrogens is 799 g/mol. The van der Waals surface area contributed by atoms with Crippen LogP contribution in [-0.2, 0) is 6.42 Å². The molecule has 0 saturated heterocycles. The van der Waals surface area contributed by atoms with Gasteiger partial charge in [0.05, 0.1) is 11.4 Å². The van der Waals surface area contributed by atoms with Crippen molar-refractivity contribution in [2.45, 2.75) is 12.8 Å². The molecule has 12 aromatic rings. The number of benzene rings is 11. The lowest BCUT2D eigenvalue weighted by molar-refractivity contribution is 0.661. The third-order valence-corrected chi connectivity index (χ3v) is 13.7. The molecule has 66 heavy (non-hydrogen) atoms. The highest BCUT2D eigenvalue weighted by Gasteiger charge is 2.25. The first kappa shape index (κ1) is 38.0. The fraction of sp³-hybridized carbons (Fsp3) is 0.0312. The maximum Gasteiger partial charge on any atom is 0.139 e. The summed E-state index contributed by atoms with van der Waals surface area (Å²) in [5.41, 5.74) is 17.0. The lowest BCUT2D eigenvalue weighted by Crippen LogP contribution is -2.13. The van der Waals surface area contributed by atoms with Gasteiger partial charge >= 0.3 is 0 Å². The van der Waals surface area contributed by atoms with Gasteiger partial charge < -0.3 is 9.32 Å². The molecule has 0 radical (unpaired) electrons. The fourth-order valence-electron chi connectivity index (χ4n) is 10.6. The monoisotopic (exact) mass is 841 g/mol. The summed E-state index contributed by atoms with van der Waals surface area (Å²) in [4.78, 5) is 2.48. The molecular formula is C64H43NO. The predicted molar refractivity (Wildman–Crippen MR) is 280 cm³/mol. The van der Waals surface area contributed by atoms with Crippen LogP contribution < -0.4 is 4.90 Å². The molecule has 2 nitrogen and oxygen atoms in total. The van der Waals surface area contributed by atoms with Gasteiger partial charge in [0.15, 0.2) is 0 Å². The molecule has 1 aliphatic rings. The Kier molecular flexibility index (Phi) is 9.02. The van der Waals surface area contributed by atoms with Gasteiger partial charge in [-0.15, -0.1) is 0 Å². The summed E-state index contributed by atoms with van der Waals surface area (Å²) in [6, 6.07) is 82.2. The fourth-order valence-corrected chi connectivity index (χ4v) is 10.6. The molecule has 0 bridgehead atoms. The minimum Gasteiger partial charge on any atom is -0.456 e. The second-order valence-corrected chi connectivity index (χ2v) is 17.5. The first-order valence-corrected chi connectivity index (χ1v) is 23.0. The van der Waals surface area contributed by atoms with E-state index in [4.69, 9.17) is 4.42 Å². The summed E-state index contributed by atoms with van der Waals surface area (Å²) in [6.07, 6.45) is 6.50. The van der Waals surface area contributed by atoms with Crippen LogP contribution in [0.5, 0.6) is 0 Å². The van der Waals surface area contributed by atoms with Crippen LogP contribution >= 0.6 is 0 Å². The van der Waals surface area contributed by atoms with E-state index in [9.17, 15) is 0 Å². The van der Waals surface area contributed by atoms with Gasteiger partial charge in [-0.3, -0.25) is 0 Å². The Balaban J connectivity index is 1.04. The average molecular weight is 842 g/mol. The highest BCUT2D eigenvalue weighted by molar-refractivity contribution is 6.15. The Morgan fingerprint density at radius 2 is 1.05 bits per heavy atom. The van der Waals surface area contributed by atoms with Crippen LogP contribution in [0.2, 0.25) is 0 Å². The van der Waals surface area contributed by atoms with Gasteiger partial charge in [-0.1, -0.05) is 194 Å². The maximum atomic E-state index is 6.81. The number of allylic oxidation sites excluding steroid dienone is 1. The summed E-state index contributed by atoms with van der Waals surface area (Å²) in [7, 11) is 0. The van der Waals surface area contributed by atoms with Crippen molar-refractivity contribution in [2.75, 3.05) is 4.90 Å². The number of aryl methyl sites for hydroxylation is 1. The molecule has 1 aromatic heterocycles. The molecule has 0 unspecified atom stereocenters. The van der Waals surface area contributed by atoms with E-state index in [1.54, 1.807) is 0 Å². The van der Waals surface area contributed by atoms with Gasteiger partial charge in [-0.05, 0) is 127 Å². The van der Waals surface area contributed by atoms with Gasteiger partial charge in [0.2, 0.25) is 0 Å². The first-order valence-electron chi connectivity index (χ1n) is 23.0. The molecule has 0 atom stereocenters. The van der Waals surface area contributed by atoms with Gasteiger partial charge in [0, 0.05) is 33.2 Å². The quantitative estimate of drug-likeness (QED) is 0.149. The van der Waals surface area contributed by atoms with E-state index in [0.717, 1.165) is 79.7 Å². The highest BCUT2D eigenvalue weighted by Crippen LogP contribution is 2.49. The van der Waals surface area contributed by atoms with E-state index >= 15 is 0 Å². The molecule has 0 aliphatic heterocycles. The minimum absolute atomic E-state index is 0.905. The molecule has 1 aliphatic carbocycles. The first-order chi connectivity index (χ1) is 32.7. The minimum atomic E-state index is 0.905. The van der Waals surface area contributed by atoms with Crippen molar-refractivity contribution in [3.63, 3.8) is 0 Å².